The summed E-state index contributed by atoms with van der Waals surface area (Å²) in [5.74, 6) is 0.652. The lowest BCUT2D eigenvalue weighted by molar-refractivity contribution is -0.203. The molecule has 2 saturated carbocycles. The van der Waals surface area contributed by atoms with Crippen LogP contribution < -0.4 is 5.32 Å². The van der Waals surface area contributed by atoms with E-state index in [1.807, 2.05) is 0 Å². The van der Waals surface area contributed by atoms with Crippen molar-refractivity contribution in [2.24, 2.45) is 11.3 Å². The summed E-state index contributed by atoms with van der Waals surface area (Å²) >= 11 is 6.15. The third kappa shape index (κ3) is 3.33. The summed E-state index contributed by atoms with van der Waals surface area (Å²) in [6.45, 7) is 2.54. The van der Waals surface area contributed by atoms with Gasteiger partial charge in [-0.2, -0.15) is 9.97 Å². The van der Waals surface area contributed by atoms with Gasteiger partial charge in [0.1, 0.15) is 0 Å². The molecule has 2 aromatic rings. The molecule has 5 atom stereocenters. The number of fused-ring (bicyclic) bond motifs is 2. The molecule has 3 heterocycles. The Morgan fingerprint density at radius 1 is 1.43 bits per heavy atom. The molecule has 1 aliphatic heterocycles. The average molecular weight is 436 g/mol. The minimum Gasteiger partial charge on any atom is -0.465 e. The van der Waals surface area contributed by atoms with Crippen LogP contribution in [0.1, 0.15) is 45.1 Å². The van der Waals surface area contributed by atoms with E-state index in [1.165, 1.54) is 6.92 Å². The van der Waals surface area contributed by atoms with Gasteiger partial charge in [-0.1, -0.05) is 0 Å². The number of carbonyl (C=O) groups excluding carboxylic acids is 1. The first kappa shape index (κ1) is 20.0. The number of nitrogens with one attached hydrogen (secondary N) is 1. The topological polar surface area (TPSA) is 100 Å². The van der Waals surface area contributed by atoms with Crippen LogP contribution in [-0.4, -0.2) is 58.1 Å². The van der Waals surface area contributed by atoms with Gasteiger partial charge >= 0.3 is 5.97 Å². The highest BCUT2D eigenvalue weighted by atomic mass is 35.5. The average Bonchev–Trinajstić information content (AvgIpc) is 3.20. The molecule has 30 heavy (non-hydrogen) atoms. The minimum absolute atomic E-state index is 0.0477. The van der Waals surface area contributed by atoms with Crippen LogP contribution in [-0.2, 0) is 19.0 Å². The second-order valence-corrected chi connectivity index (χ2v) is 8.80. The minimum atomic E-state index is -0.266. The van der Waals surface area contributed by atoms with E-state index in [-0.39, 0.29) is 35.1 Å². The number of imidazole rings is 1. The summed E-state index contributed by atoms with van der Waals surface area (Å²) < 4.78 is 19.8. The maximum atomic E-state index is 11.5. The van der Waals surface area contributed by atoms with E-state index in [4.69, 9.17) is 25.8 Å². The molecule has 162 valence electrons. The quantitative estimate of drug-likeness (QED) is 0.546. The number of ether oxygens (including phenoxy) is 3. The van der Waals surface area contributed by atoms with Crippen LogP contribution >= 0.6 is 11.6 Å². The molecule has 1 N–H and O–H groups in total. The van der Waals surface area contributed by atoms with Gasteiger partial charge in [0, 0.05) is 32.0 Å². The van der Waals surface area contributed by atoms with Crippen LogP contribution in [0.25, 0.3) is 11.2 Å². The van der Waals surface area contributed by atoms with Gasteiger partial charge in [0.15, 0.2) is 23.3 Å². The third-order valence-corrected chi connectivity index (χ3v) is 6.89. The number of carbonyl (C=O) groups is 1. The SMILES string of the molecule is CNc1nc(Cl)nc2c1ncn2[C@H]1C[C@H](OC2CCCCO2)[C@]2(COC(C)=O)C[C@H]12. The van der Waals surface area contributed by atoms with Gasteiger partial charge < -0.3 is 24.1 Å². The molecule has 9 nitrogen and oxygen atoms in total. The molecule has 0 spiro atoms. The fraction of sp³-hybridized carbons (Fsp3) is 0.700. The lowest BCUT2D eigenvalue weighted by Gasteiger charge is -2.30. The van der Waals surface area contributed by atoms with Crippen LogP contribution in [0.5, 0.6) is 0 Å². The smallest absolute Gasteiger partial charge is 0.302 e. The molecule has 2 aromatic heterocycles. The van der Waals surface area contributed by atoms with Crippen molar-refractivity contribution in [3.8, 4) is 0 Å². The molecule has 1 saturated heterocycles. The van der Waals surface area contributed by atoms with E-state index in [0.717, 1.165) is 38.7 Å². The Kier molecular flexibility index (Phi) is 5.07. The lowest BCUT2D eigenvalue weighted by Crippen LogP contribution is -2.34. The molecule has 10 heteroatoms. The van der Waals surface area contributed by atoms with Crippen molar-refractivity contribution >= 4 is 34.6 Å². The van der Waals surface area contributed by atoms with E-state index in [2.05, 4.69) is 24.8 Å². The first-order valence-electron chi connectivity index (χ1n) is 10.5. The number of hydrogen-bond acceptors (Lipinski definition) is 8. The summed E-state index contributed by atoms with van der Waals surface area (Å²) in [6.07, 6.45) is 6.36. The van der Waals surface area contributed by atoms with Crippen molar-refractivity contribution in [2.75, 3.05) is 25.6 Å². The van der Waals surface area contributed by atoms with Crippen molar-refractivity contribution in [1.82, 2.24) is 19.5 Å². The van der Waals surface area contributed by atoms with Gasteiger partial charge in [-0.15, -0.1) is 0 Å². The predicted octanol–water partition coefficient (Wildman–Crippen LogP) is 2.95. The Morgan fingerprint density at radius 3 is 3.03 bits per heavy atom. The third-order valence-electron chi connectivity index (χ3n) is 6.73. The van der Waals surface area contributed by atoms with Crippen LogP contribution in [0.4, 0.5) is 5.82 Å². The number of esters is 1. The zero-order chi connectivity index (χ0) is 20.9. The Bertz CT molecular complexity index is 962. The maximum Gasteiger partial charge on any atom is 0.302 e. The van der Waals surface area contributed by atoms with Crippen molar-refractivity contribution in [3.63, 3.8) is 0 Å². The Morgan fingerprint density at radius 2 is 2.30 bits per heavy atom. The zero-order valence-corrected chi connectivity index (χ0v) is 17.9. The van der Waals surface area contributed by atoms with Crippen molar-refractivity contribution in [3.05, 3.63) is 11.6 Å². The maximum absolute atomic E-state index is 11.5. The summed E-state index contributed by atoms with van der Waals surface area (Å²) in [6, 6.07) is 0.134. The molecule has 3 fully saturated rings. The molecule has 0 radical (unpaired) electrons. The second kappa shape index (κ2) is 7.62. The normalized spacial score (nSPS) is 32.8. The molecular weight excluding hydrogens is 410 g/mol. The van der Waals surface area contributed by atoms with Crippen LogP contribution in [0.2, 0.25) is 5.28 Å². The van der Waals surface area contributed by atoms with Gasteiger partial charge in [-0.3, -0.25) is 4.79 Å². The standard InChI is InChI=1S/C20H26ClN5O4/c1-11(27)29-9-20-8-12(20)13(7-14(20)30-15-5-3-4-6-28-15)26-10-23-16-17(22-2)24-19(21)25-18(16)26/h10,12-15H,3-9H2,1-2H3,(H,22,24,25)/t12-,13+,14+,15?,20+/m1/s1. The highest BCUT2D eigenvalue weighted by Gasteiger charge is 2.69. The fourth-order valence-electron chi connectivity index (χ4n) is 5.16. The van der Waals surface area contributed by atoms with Crippen LogP contribution in [0, 0.1) is 11.3 Å². The number of aromatic nitrogens is 4. The van der Waals surface area contributed by atoms with Gasteiger partial charge in [-0.25, -0.2) is 4.98 Å². The Hall–Kier alpha value is -1.97. The number of halogens is 1. The van der Waals surface area contributed by atoms with Gasteiger partial charge in [0.25, 0.3) is 0 Å². The molecule has 0 bridgehead atoms. The van der Waals surface area contributed by atoms with Gasteiger partial charge in [0.05, 0.1) is 19.0 Å². The van der Waals surface area contributed by atoms with Crippen molar-refractivity contribution < 1.29 is 19.0 Å². The van der Waals surface area contributed by atoms with Gasteiger partial charge in [-0.05, 0) is 49.6 Å². The highest BCUT2D eigenvalue weighted by molar-refractivity contribution is 6.28. The molecule has 5 rings (SSSR count). The Labute approximate surface area is 179 Å². The van der Waals surface area contributed by atoms with Crippen molar-refractivity contribution in [2.45, 2.75) is 57.5 Å². The number of anilines is 1. The summed E-state index contributed by atoms with van der Waals surface area (Å²) in [7, 11) is 1.78. The largest absolute Gasteiger partial charge is 0.465 e. The first-order valence-corrected chi connectivity index (χ1v) is 10.9. The van der Waals surface area contributed by atoms with E-state index in [9.17, 15) is 4.79 Å². The molecular formula is C20H26ClN5O4. The molecule has 0 amide bonds. The molecule has 1 unspecified atom stereocenters. The lowest BCUT2D eigenvalue weighted by atomic mass is 10.0. The van der Waals surface area contributed by atoms with Crippen molar-refractivity contribution in [1.29, 1.82) is 0 Å². The summed E-state index contributed by atoms with van der Waals surface area (Å²) in [4.78, 5) is 24.7. The summed E-state index contributed by atoms with van der Waals surface area (Å²) in [5.41, 5.74) is 1.21. The molecule has 3 aliphatic rings. The van der Waals surface area contributed by atoms with E-state index in [1.54, 1.807) is 13.4 Å². The predicted molar refractivity (Wildman–Crippen MR) is 109 cm³/mol. The zero-order valence-electron chi connectivity index (χ0n) is 17.1. The van der Waals surface area contributed by atoms with Crippen LogP contribution in [0.3, 0.4) is 0 Å². The first-order chi connectivity index (χ1) is 14.5. The Balaban J connectivity index is 1.45. The van der Waals surface area contributed by atoms with E-state index in [0.29, 0.717) is 29.5 Å². The monoisotopic (exact) mass is 435 g/mol. The van der Waals surface area contributed by atoms with Gasteiger partial charge in [0.2, 0.25) is 5.28 Å². The van der Waals surface area contributed by atoms with Crippen LogP contribution in [0.15, 0.2) is 6.33 Å². The number of rotatable bonds is 6. The number of nitrogens with zero attached hydrogens (tertiary/aromatic N) is 4. The molecule has 0 aromatic carbocycles. The number of hydrogen-bond donors (Lipinski definition) is 1. The molecule has 2 aliphatic carbocycles. The van der Waals surface area contributed by atoms with E-state index >= 15 is 0 Å². The van der Waals surface area contributed by atoms with E-state index < -0.39 is 0 Å². The summed E-state index contributed by atoms with van der Waals surface area (Å²) in [5, 5.41) is 3.21. The fourth-order valence-corrected chi connectivity index (χ4v) is 5.32. The highest BCUT2D eigenvalue weighted by Crippen LogP contribution is 2.69. The second-order valence-electron chi connectivity index (χ2n) is 8.46.